The average Bonchev–Trinajstić information content (AvgIpc) is 3.35. The summed E-state index contributed by atoms with van der Waals surface area (Å²) in [5.74, 6) is -2.39. The summed E-state index contributed by atoms with van der Waals surface area (Å²) in [5.41, 5.74) is 5.98. The van der Waals surface area contributed by atoms with E-state index in [0.29, 0.717) is 61.5 Å². The van der Waals surface area contributed by atoms with Gasteiger partial charge in [0.05, 0.1) is 41.4 Å². The second-order valence-electron chi connectivity index (χ2n) is 13.8. The molecule has 1 atom stereocenters. The molecule has 0 spiro atoms. The number of rotatable bonds is 9. The van der Waals surface area contributed by atoms with Crippen LogP contribution >= 0.6 is 0 Å². The molecule has 14 heteroatoms. The SMILES string of the molecule is CC(=O)C(N=Nc1ccc2c(c1)C(=O)c1cc(N=Nc3c(O)c(C(=O)Nc4ccccc4C)cc4ccccc34)ccc1-2)C(=O)Nc1ccc2c(c1)NCC(=O)CN2. The van der Waals surface area contributed by atoms with Crippen molar-refractivity contribution in [3.63, 3.8) is 0 Å². The second kappa shape index (κ2) is 15.3. The zero-order valence-electron chi connectivity index (χ0n) is 31.2. The number of para-hydroxylation sites is 1. The van der Waals surface area contributed by atoms with Crippen LogP contribution in [-0.2, 0) is 14.4 Å². The number of phenols is 1. The highest BCUT2D eigenvalue weighted by Crippen LogP contribution is 2.42. The van der Waals surface area contributed by atoms with Gasteiger partial charge in [-0.05, 0) is 90.5 Å². The van der Waals surface area contributed by atoms with Crippen molar-refractivity contribution in [1.82, 2.24) is 0 Å². The van der Waals surface area contributed by atoms with Gasteiger partial charge in [0.2, 0.25) is 6.04 Å². The minimum absolute atomic E-state index is 0.0143. The molecule has 14 nitrogen and oxygen atoms in total. The summed E-state index contributed by atoms with van der Waals surface area (Å²) in [4.78, 5) is 64.6. The highest BCUT2D eigenvalue weighted by molar-refractivity contribution is 6.22. The van der Waals surface area contributed by atoms with Gasteiger partial charge in [-0.25, -0.2) is 0 Å². The van der Waals surface area contributed by atoms with Crippen molar-refractivity contribution >= 4 is 79.7 Å². The third kappa shape index (κ3) is 7.29. The molecule has 1 unspecified atom stereocenters. The van der Waals surface area contributed by atoms with Crippen molar-refractivity contribution in [2.75, 3.05) is 34.4 Å². The number of carbonyl (C=O) groups excluding carboxylic acids is 5. The van der Waals surface area contributed by atoms with Crippen LogP contribution in [0.1, 0.15) is 38.8 Å². The Morgan fingerprint density at radius 3 is 2.10 bits per heavy atom. The van der Waals surface area contributed by atoms with Crippen LogP contribution in [0.4, 0.5) is 39.8 Å². The molecular formula is C44H34N8O6. The summed E-state index contributed by atoms with van der Waals surface area (Å²) in [5, 5.41) is 41.2. The van der Waals surface area contributed by atoms with E-state index in [-0.39, 0.29) is 47.3 Å². The fourth-order valence-electron chi connectivity index (χ4n) is 6.81. The van der Waals surface area contributed by atoms with E-state index in [1.165, 1.54) is 6.92 Å². The number of phenolic OH excluding ortho intramolecular Hbond substituents is 1. The molecule has 1 aliphatic carbocycles. The lowest BCUT2D eigenvalue weighted by atomic mass is 10.0. The number of aryl methyl sites for hydroxylation is 1. The average molecular weight is 771 g/mol. The Morgan fingerprint density at radius 1 is 0.707 bits per heavy atom. The van der Waals surface area contributed by atoms with E-state index in [1.54, 1.807) is 78.9 Å². The van der Waals surface area contributed by atoms with Crippen molar-refractivity contribution in [2.24, 2.45) is 20.5 Å². The number of anilines is 4. The lowest BCUT2D eigenvalue weighted by Crippen LogP contribution is -2.31. The number of hydrogen-bond donors (Lipinski definition) is 5. The summed E-state index contributed by atoms with van der Waals surface area (Å²) in [6.07, 6.45) is 0. The Hall–Kier alpha value is -7.87. The fourth-order valence-corrected chi connectivity index (χ4v) is 6.81. The van der Waals surface area contributed by atoms with Crippen molar-refractivity contribution in [3.05, 3.63) is 131 Å². The molecule has 0 aromatic heterocycles. The normalized spacial score (nSPS) is 13.6. The highest BCUT2D eigenvalue weighted by atomic mass is 16.3. The molecule has 1 heterocycles. The summed E-state index contributed by atoms with van der Waals surface area (Å²) in [6, 6.07) is 29.6. The van der Waals surface area contributed by atoms with Gasteiger partial charge in [0.25, 0.3) is 11.8 Å². The van der Waals surface area contributed by atoms with Crippen molar-refractivity contribution in [1.29, 1.82) is 0 Å². The van der Waals surface area contributed by atoms with E-state index in [4.69, 9.17) is 0 Å². The number of fused-ring (bicyclic) bond motifs is 5. The number of nitrogens with zero attached hydrogens (tertiary/aromatic N) is 4. The molecule has 286 valence electrons. The quantitative estimate of drug-likeness (QED) is 0.0707. The number of carbonyl (C=O) groups is 5. The second-order valence-corrected chi connectivity index (χ2v) is 13.8. The van der Waals surface area contributed by atoms with Gasteiger partial charge in [0.15, 0.2) is 23.1 Å². The van der Waals surface area contributed by atoms with Gasteiger partial charge in [-0.2, -0.15) is 15.3 Å². The first-order valence-corrected chi connectivity index (χ1v) is 18.3. The third-order valence-corrected chi connectivity index (χ3v) is 9.85. The lowest BCUT2D eigenvalue weighted by Gasteiger charge is -2.13. The zero-order valence-corrected chi connectivity index (χ0v) is 31.2. The minimum Gasteiger partial charge on any atom is -0.505 e. The first-order chi connectivity index (χ1) is 28.0. The molecule has 2 aliphatic rings. The molecular weight excluding hydrogens is 737 g/mol. The number of azo groups is 2. The van der Waals surface area contributed by atoms with Gasteiger partial charge < -0.3 is 26.4 Å². The van der Waals surface area contributed by atoms with E-state index in [1.807, 2.05) is 37.3 Å². The molecule has 8 rings (SSSR count). The molecule has 6 aromatic rings. The molecule has 5 N–H and O–H groups in total. The number of nitrogens with one attached hydrogen (secondary N) is 4. The number of Topliss-reactive ketones (excluding diaryl/α,β-unsaturated/α-hetero) is 2. The zero-order chi connectivity index (χ0) is 40.5. The molecule has 0 radical (unpaired) electrons. The Bertz CT molecular complexity index is 2800. The number of amides is 2. The maximum atomic E-state index is 13.7. The van der Waals surface area contributed by atoms with Gasteiger partial charge in [-0.1, -0.05) is 54.6 Å². The molecule has 0 bridgehead atoms. The van der Waals surface area contributed by atoms with E-state index in [2.05, 4.69) is 41.7 Å². The number of benzene rings is 6. The topological polar surface area (TPSA) is 203 Å². The van der Waals surface area contributed by atoms with E-state index in [9.17, 15) is 29.1 Å². The standard InChI is InChI=1S/C44H34N8O6/c1-23-7-3-6-10-36(23)48-43(57)35-17-25-8-4-5-9-30(25)40(42(35)56)52-50-28-12-15-32-31-14-11-27(18-33(31)41(55)34(32)19-28)49-51-39(24(2)53)44(58)47-26-13-16-37-38(20-26)46-22-29(54)21-45-37/h3-20,39,45-46,56H,21-22H2,1-2H3,(H,47,58)(H,48,57). The minimum atomic E-state index is -1.46. The van der Waals surface area contributed by atoms with E-state index in [0.717, 1.165) is 5.56 Å². The Morgan fingerprint density at radius 2 is 1.38 bits per heavy atom. The molecule has 0 saturated carbocycles. The molecule has 0 fully saturated rings. The number of ketones is 3. The molecule has 6 aromatic carbocycles. The summed E-state index contributed by atoms with van der Waals surface area (Å²) >= 11 is 0. The van der Waals surface area contributed by atoms with E-state index >= 15 is 0 Å². The van der Waals surface area contributed by atoms with Crippen LogP contribution in [0.2, 0.25) is 0 Å². The monoisotopic (exact) mass is 770 g/mol. The highest BCUT2D eigenvalue weighted by Gasteiger charge is 2.28. The summed E-state index contributed by atoms with van der Waals surface area (Å²) < 4.78 is 0. The van der Waals surface area contributed by atoms with Gasteiger partial charge in [-0.3, -0.25) is 24.0 Å². The molecule has 0 saturated heterocycles. The van der Waals surface area contributed by atoms with Crippen LogP contribution in [0, 0.1) is 6.92 Å². The van der Waals surface area contributed by atoms with Crippen molar-refractivity contribution in [2.45, 2.75) is 19.9 Å². The van der Waals surface area contributed by atoms with Crippen LogP contribution in [0.25, 0.3) is 21.9 Å². The lowest BCUT2D eigenvalue weighted by molar-refractivity contribution is -0.126. The Balaban J connectivity index is 1.01. The number of hydrogen-bond acceptors (Lipinski definition) is 12. The molecule has 1 aliphatic heterocycles. The van der Waals surface area contributed by atoms with Crippen LogP contribution in [0.3, 0.4) is 0 Å². The van der Waals surface area contributed by atoms with Gasteiger partial charge in [0, 0.05) is 27.9 Å². The Labute approximate surface area is 331 Å². The number of aromatic hydroxyl groups is 1. The first kappa shape index (κ1) is 37.1. The van der Waals surface area contributed by atoms with Crippen LogP contribution in [-0.4, -0.2) is 53.4 Å². The van der Waals surface area contributed by atoms with Crippen LogP contribution in [0.15, 0.2) is 130 Å². The fraction of sp³-hybridized carbons (Fsp3) is 0.114. The smallest absolute Gasteiger partial charge is 0.259 e. The van der Waals surface area contributed by atoms with Crippen LogP contribution < -0.4 is 21.3 Å². The maximum Gasteiger partial charge on any atom is 0.259 e. The molecule has 2 amide bonds. The van der Waals surface area contributed by atoms with E-state index < -0.39 is 23.6 Å². The predicted octanol–water partition coefficient (Wildman–Crippen LogP) is 8.82. The largest absolute Gasteiger partial charge is 0.505 e. The third-order valence-electron chi connectivity index (χ3n) is 9.85. The summed E-state index contributed by atoms with van der Waals surface area (Å²) in [6.45, 7) is 3.43. The van der Waals surface area contributed by atoms with Crippen molar-refractivity contribution in [3.8, 4) is 16.9 Å². The van der Waals surface area contributed by atoms with Gasteiger partial charge in [-0.15, -0.1) is 5.11 Å². The predicted molar refractivity (Wildman–Crippen MR) is 220 cm³/mol. The first-order valence-electron chi connectivity index (χ1n) is 18.3. The van der Waals surface area contributed by atoms with Gasteiger partial charge in [0.1, 0.15) is 5.69 Å². The van der Waals surface area contributed by atoms with Crippen molar-refractivity contribution < 1.29 is 29.1 Å². The summed E-state index contributed by atoms with van der Waals surface area (Å²) in [7, 11) is 0. The molecule has 58 heavy (non-hydrogen) atoms. The Kier molecular flexibility index (Phi) is 9.81. The maximum absolute atomic E-state index is 13.7. The van der Waals surface area contributed by atoms with Gasteiger partial charge >= 0.3 is 0 Å². The van der Waals surface area contributed by atoms with Crippen LogP contribution in [0.5, 0.6) is 5.75 Å².